The lowest BCUT2D eigenvalue weighted by molar-refractivity contribution is 0.264. The molecule has 4 heteroatoms. The largest absolute Gasteiger partial charge is 0.354 e. The highest BCUT2D eigenvalue weighted by Crippen LogP contribution is 2.18. The number of pyridine rings is 1. The maximum Gasteiger partial charge on any atom is 0.129 e. The highest BCUT2D eigenvalue weighted by Gasteiger charge is 2.17. The minimum absolute atomic E-state index is 0.744. The van der Waals surface area contributed by atoms with Gasteiger partial charge in [0.1, 0.15) is 5.82 Å². The molecule has 0 bridgehead atoms. The normalized spacial score (nSPS) is 17.0. The topological polar surface area (TPSA) is 45.4 Å². The Morgan fingerprint density at radius 2 is 1.79 bits per heavy atom. The summed E-state index contributed by atoms with van der Waals surface area (Å²) in [7, 11) is 0. The molecule has 2 heterocycles. The number of anilines is 1. The first-order valence-electron chi connectivity index (χ1n) is 6.90. The minimum atomic E-state index is 0.744. The number of piperazine rings is 1. The second-order valence-corrected chi connectivity index (χ2v) is 4.98. The second-order valence-electron chi connectivity index (χ2n) is 4.98. The molecule has 1 aromatic heterocycles. The Morgan fingerprint density at radius 3 is 2.58 bits per heavy atom. The van der Waals surface area contributed by atoms with Gasteiger partial charge in [-0.05, 0) is 18.2 Å². The van der Waals surface area contributed by atoms with Crippen LogP contribution in [0.1, 0.15) is 0 Å². The van der Waals surface area contributed by atoms with Crippen LogP contribution in [0.4, 0.5) is 5.82 Å². The molecule has 1 aromatic carbocycles. The van der Waals surface area contributed by atoms with Crippen LogP contribution in [0.15, 0.2) is 36.4 Å². The fourth-order valence-electron chi connectivity index (χ4n) is 2.61. The lowest BCUT2D eigenvalue weighted by Gasteiger charge is -2.35. The number of fused-ring (bicyclic) bond motifs is 1. The molecule has 0 radical (unpaired) electrons. The van der Waals surface area contributed by atoms with Crippen LogP contribution in [0.3, 0.4) is 0 Å². The molecule has 0 unspecified atom stereocenters. The van der Waals surface area contributed by atoms with Crippen molar-refractivity contribution in [3.05, 3.63) is 36.4 Å². The number of hydrogen-bond donors (Lipinski definition) is 1. The van der Waals surface area contributed by atoms with Crippen molar-refractivity contribution in [2.24, 2.45) is 5.73 Å². The summed E-state index contributed by atoms with van der Waals surface area (Å²) < 4.78 is 0. The zero-order valence-corrected chi connectivity index (χ0v) is 11.1. The van der Waals surface area contributed by atoms with E-state index < -0.39 is 0 Å². The van der Waals surface area contributed by atoms with Crippen molar-refractivity contribution in [3.63, 3.8) is 0 Å². The van der Waals surface area contributed by atoms with Gasteiger partial charge in [-0.2, -0.15) is 0 Å². The van der Waals surface area contributed by atoms with Gasteiger partial charge in [-0.25, -0.2) is 4.98 Å². The van der Waals surface area contributed by atoms with E-state index in [9.17, 15) is 0 Å². The van der Waals surface area contributed by atoms with Crippen LogP contribution in [0, 0.1) is 0 Å². The molecule has 1 aliphatic heterocycles. The highest BCUT2D eigenvalue weighted by atomic mass is 15.3. The van der Waals surface area contributed by atoms with Crippen LogP contribution >= 0.6 is 0 Å². The molecule has 2 aromatic rings. The van der Waals surface area contributed by atoms with E-state index >= 15 is 0 Å². The predicted octanol–water partition coefficient (Wildman–Crippen LogP) is 1.32. The van der Waals surface area contributed by atoms with E-state index in [-0.39, 0.29) is 0 Å². The van der Waals surface area contributed by atoms with Crippen molar-refractivity contribution in [1.82, 2.24) is 9.88 Å². The van der Waals surface area contributed by atoms with Crippen molar-refractivity contribution in [3.8, 4) is 0 Å². The molecule has 100 valence electrons. The number of nitrogens with two attached hydrogens (primary N) is 1. The van der Waals surface area contributed by atoms with Gasteiger partial charge in [0.15, 0.2) is 0 Å². The zero-order chi connectivity index (χ0) is 13.1. The molecule has 2 N–H and O–H groups in total. The first-order chi connectivity index (χ1) is 9.36. The van der Waals surface area contributed by atoms with Crippen LogP contribution in [-0.2, 0) is 0 Å². The molecule has 0 spiro atoms. The van der Waals surface area contributed by atoms with Crippen molar-refractivity contribution in [2.45, 2.75) is 0 Å². The molecule has 0 aliphatic carbocycles. The lowest BCUT2D eigenvalue weighted by Crippen LogP contribution is -2.48. The van der Waals surface area contributed by atoms with Gasteiger partial charge in [0.25, 0.3) is 0 Å². The number of nitrogens with zero attached hydrogens (tertiary/aromatic N) is 3. The van der Waals surface area contributed by atoms with E-state index in [1.165, 1.54) is 5.39 Å². The van der Waals surface area contributed by atoms with Gasteiger partial charge in [-0.1, -0.05) is 18.2 Å². The van der Waals surface area contributed by atoms with Crippen molar-refractivity contribution < 1.29 is 0 Å². The van der Waals surface area contributed by atoms with Gasteiger partial charge in [0.05, 0.1) is 5.52 Å². The molecule has 19 heavy (non-hydrogen) atoms. The summed E-state index contributed by atoms with van der Waals surface area (Å²) in [6.45, 7) is 5.96. The monoisotopic (exact) mass is 256 g/mol. The molecule has 1 saturated heterocycles. The quantitative estimate of drug-likeness (QED) is 0.899. The van der Waals surface area contributed by atoms with Gasteiger partial charge in [-0.3, -0.25) is 4.90 Å². The molecule has 1 fully saturated rings. The maximum absolute atomic E-state index is 5.60. The molecule has 0 amide bonds. The van der Waals surface area contributed by atoms with Gasteiger partial charge in [-0.15, -0.1) is 0 Å². The number of para-hydroxylation sites is 1. The SMILES string of the molecule is NCCN1CCN(c2ccc3ccccc3n2)CC1. The van der Waals surface area contributed by atoms with E-state index in [2.05, 4.69) is 40.1 Å². The van der Waals surface area contributed by atoms with Crippen LogP contribution in [0.2, 0.25) is 0 Å². The summed E-state index contributed by atoms with van der Waals surface area (Å²) >= 11 is 0. The molecule has 4 nitrogen and oxygen atoms in total. The molecule has 3 rings (SSSR count). The van der Waals surface area contributed by atoms with E-state index in [4.69, 9.17) is 10.7 Å². The Labute approximate surface area is 113 Å². The number of aromatic nitrogens is 1. The third-order valence-electron chi connectivity index (χ3n) is 3.73. The molecular weight excluding hydrogens is 236 g/mol. The van der Waals surface area contributed by atoms with Crippen molar-refractivity contribution in [1.29, 1.82) is 0 Å². The van der Waals surface area contributed by atoms with E-state index in [0.29, 0.717) is 0 Å². The van der Waals surface area contributed by atoms with Crippen molar-refractivity contribution in [2.75, 3.05) is 44.2 Å². The van der Waals surface area contributed by atoms with Crippen LogP contribution < -0.4 is 10.6 Å². The summed E-state index contributed by atoms with van der Waals surface area (Å²) in [6.07, 6.45) is 0. The summed E-state index contributed by atoms with van der Waals surface area (Å²) in [4.78, 5) is 9.53. The van der Waals surface area contributed by atoms with E-state index in [1.807, 2.05) is 6.07 Å². The molecule has 1 aliphatic rings. The van der Waals surface area contributed by atoms with Gasteiger partial charge >= 0.3 is 0 Å². The van der Waals surface area contributed by atoms with Gasteiger partial charge in [0.2, 0.25) is 0 Å². The number of hydrogen-bond acceptors (Lipinski definition) is 4. The Morgan fingerprint density at radius 1 is 1.00 bits per heavy atom. The smallest absolute Gasteiger partial charge is 0.129 e. The number of rotatable bonds is 3. The van der Waals surface area contributed by atoms with E-state index in [1.54, 1.807) is 0 Å². The first-order valence-corrected chi connectivity index (χ1v) is 6.90. The maximum atomic E-state index is 5.60. The summed E-state index contributed by atoms with van der Waals surface area (Å²) in [5.41, 5.74) is 6.67. The fourth-order valence-corrected chi connectivity index (χ4v) is 2.61. The van der Waals surface area contributed by atoms with Crippen LogP contribution in [0.25, 0.3) is 10.9 Å². The Hall–Kier alpha value is -1.65. The summed E-state index contributed by atoms with van der Waals surface area (Å²) in [6, 6.07) is 12.5. The number of benzene rings is 1. The third kappa shape index (κ3) is 2.69. The zero-order valence-electron chi connectivity index (χ0n) is 11.1. The third-order valence-corrected chi connectivity index (χ3v) is 3.73. The molecule has 0 saturated carbocycles. The van der Waals surface area contributed by atoms with Gasteiger partial charge in [0, 0.05) is 44.7 Å². The van der Waals surface area contributed by atoms with Crippen molar-refractivity contribution >= 4 is 16.7 Å². The average Bonchev–Trinajstić information content (AvgIpc) is 2.48. The Bertz CT molecular complexity index is 547. The first kappa shape index (κ1) is 12.4. The highest BCUT2D eigenvalue weighted by molar-refractivity contribution is 5.80. The van der Waals surface area contributed by atoms with Gasteiger partial charge < -0.3 is 10.6 Å². The van der Waals surface area contributed by atoms with E-state index in [0.717, 1.165) is 50.6 Å². The van der Waals surface area contributed by atoms with Crippen LogP contribution in [-0.4, -0.2) is 49.2 Å². The Balaban J connectivity index is 1.74. The molecular formula is C15H20N4. The summed E-state index contributed by atoms with van der Waals surface area (Å²) in [5.74, 6) is 1.09. The average molecular weight is 256 g/mol. The minimum Gasteiger partial charge on any atom is -0.354 e. The lowest BCUT2D eigenvalue weighted by atomic mass is 10.2. The Kier molecular flexibility index (Phi) is 3.62. The predicted molar refractivity (Wildman–Crippen MR) is 79.5 cm³/mol. The summed E-state index contributed by atoms with van der Waals surface area (Å²) in [5, 5.41) is 1.20. The molecule has 0 atom stereocenters. The van der Waals surface area contributed by atoms with Crippen LogP contribution in [0.5, 0.6) is 0 Å². The standard InChI is InChI=1S/C15H20N4/c16-7-8-18-9-11-19(12-10-18)15-6-5-13-3-1-2-4-14(13)17-15/h1-6H,7-12,16H2. The second kappa shape index (κ2) is 5.55. The fraction of sp³-hybridized carbons (Fsp3) is 0.400.